The minimum absolute atomic E-state index is 0.242. The van der Waals surface area contributed by atoms with Crippen LogP contribution in [0.4, 0.5) is 0 Å². The molecule has 3 heteroatoms. The number of hydrogen-bond donors (Lipinski definition) is 0. The highest BCUT2D eigenvalue weighted by Gasteiger charge is 2.50. The van der Waals surface area contributed by atoms with Gasteiger partial charge in [0, 0.05) is 24.8 Å². The van der Waals surface area contributed by atoms with Gasteiger partial charge in [-0.15, -0.1) is 0 Å². The van der Waals surface area contributed by atoms with E-state index in [9.17, 15) is 0 Å². The molecule has 1 fully saturated rings. The zero-order valence-electron chi connectivity index (χ0n) is 13.8. The molecule has 1 atom stereocenters. The largest absolute Gasteiger partial charge is 0.466 e. The molecule has 122 valence electrons. The van der Waals surface area contributed by atoms with Gasteiger partial charge in [0.25, 0.3) is 0 Å². The van der Waals surface area contributed by atoms with E-state index in [-0.39, 0.29) is 5.72 Å². The summed E-state index contributed by atoms with van der Waals surface area (Å²) in [5.41, 5.74) is 3.46. The Morgan fingerprint density at radius 3 is 2.50 bits per heavy atom. The topological polar surface area (TPSA) is 24.8 Å². The first-order valence-electron chi connectivity index (χ1n) is 9.06. The number of benzene rings is 2. The first-order chi connectivity index (χ1) is 11.9. The molecule has 2 aromatic carbocycles. The van der Waals surface area contributed by atoms with Crippen molar-refractivity contribution in [2.45, 2.75) is 50.3 Å². The summed E-state index contributed by atoms with van der Waals surface area (Å²) in [6, 6.07) is 19.4. The van der Waals surface area contributed by atoms with Crippen molar-refractivity contribution in [1.29, 1.82) is 0 Å². The number of rotatable bonds is 1. The SMILES string of the molecule is c1ccc(C2=NN3[C@H](C2)c2ccccc2OC32CCCCC2)cc1. The number of nitrogens with zero attached hydrogens (tertiary/aromatic N) is 2. The second-order valence-corrected chi connectivity index (χ2v) is 7.12. The third-order valence-electron chi connectivity index (χ3n) is 5.65. The first-order valence-corrected chi connectivity index (χ1v) is 9.06. The fourth-order valence-corrected chi connectivity index (χ4v) is 4.47. The van der Waals surface area contributed by atoms with Crippen molar-refractivity contribution in [3.63, 3.8) is 0 Å². The zero-order chi connectivity index (χ0) is 16.0. The maximum atomic E-state index is 6.58. The lowest BCUT2D eigenvalue weighted by atomic mass is 9.86. The highest BCUT2D eigenvalue weighted by molar-refractivity contribution is 6.01. The fourth-order valence-electron chi connectivity index (χ4n) is 4.47. The Kier molecular flexibility index (Phi) is 3.15. The van der Waals surface area contributed by atoms with Crippen molar-refractivity contribution >= 4 is 5.71 Å². The highest BCUT2D eigenvalue weighted by Crippen LogP contribution is 2.51. The van der Waals surface area contributed by atoms with Crippen LogP contribution in [0.3, 0.4) is 0 Å². The molecule has 2 aromatic rings. The van der Waals surface area contributed by atoms with Gasteiger partial charge in [-0.1, -0.05) is 55.0 Å². The number of fused-ring (bicyclic) bond motifs is 4. The number of hydrazone groups is 1. The van der Waals surface area contributed by atoms with E-state index in [2.05, 4.69) is 59.6 Å². The summed E-state index contributed by atoms with van der Waals surface area (Å²) < 4.78 is 6.58. The highest BCUT2D eigenvalue weighted by atomic mass is 16.5. The summed E-state index contributed by atoms with van der Waals surface area (Å²) in [6.45, 7) is 0. The smallest absolute Gasteiger partial charge is 0.198 e. The molecule has 1 aliphatic carbocycles. The third kappa shape index (κ3) is 2.07. The summed E-state index contributed by atoms with van der Waals surface area (Å²) >= 11 is 0. The van der Waals surface area contributed by atoms with Gasteiger partial charge in [-0.05, 0) is 24.5 Å². The standard InChI is InChI=1S/C21H22N2O/c1-3-9-16(10-4-1)18-15-19-17-11-5-6-12-20(17)24-21(23(19)22-18)13-7-2-8-14-21/h1,3-6,9-12,19H,2,7-8,13-15H2/t19-/m1/s1. The Labute approximate surface area is 142 Å². The molecule has 2 aliphatic heterocycles. The quantitative estimate of drug-likeness (QED) is 0.748. The van der Waals surface area contributed by atoms with E-state index in [4.69, 9.17) is 9.84 Å². The molecule has 5 rings (SSSR count). The van der Waals surface area contributed by atoms with E-state index in [0.717, 1.165) is 25.0 Å². The Bertz CT molecular complexity index is 777. The Morgan fingerprint density at radius 2 is 1.67 bits per heavy atom. The van der Waals surface area contributed by atoms with Crippen molar-refractivity contribution in [1.82, 2.24) is 5.01 Å². The summed E-state index contributed by atoms with van der Waals surface area (Å²) in [4.78, 5) is 0. The molecular weight excluding hydrogens is 296 g/mol. The summed E-state index contributed by atoms with van der Waals surface area (Å²) in [6.07, 6.45) is 6.86. The number of ether oxygens (including phenoxy) is 1. The van der Waals surface area contributed by atoms with Gasteiger partial charge in [0.05, 0.1) is 11.8 Å². The molecule has 1 spiro atoms. The van der Waals surface area contributed by atoms with Crippen molar-refractivity contribution in [2.75, 3.05) is 0 Å². The molecule has 24 heavy (non-hydrogen) atoms. The molecule has 1 saturated carbocycles. The minimum Gasteiger partial charge on any atom is -0.466 e. The van der Waals surface area contributed by atoms with Crippen LogP contribution >= 0.6 is 0 Å². The van der Waals surface area contributed by atoms with E-state index in [0.29, 0.717) is 6.04 Å². The van der Waals surface area contributed by atoms with Gasteiger partial charge in [-0.25, -0.2) is 5.01 Å². The Morgan fingerprint density at radius 1 is 0.917 bits per heavy atom. The van der Waals surface area contributed by atoms with Gasteiger partial charge in [0.15, 0.2) is 5.72 Å². The number of hydrogen-bond acceptors (Lipinski definition) is 3. The van der Waals surface area contributed by atoms with Crippen LogP contribution in [-0.2, 0) is 0 Å². The van der Waals surface area contributed by atoms with Gasteiger partial charge < -0.3 is 4.74 Å². The van der Waals surface area contributed by atoms with E-state index >= 15 is 0 Å². The van der Waals surface area contributed by atoms with Crippen LogP contribution in [0.5, 0.6) is 5.75 Å². The van der Waals surface area contributed by atoms with Crippen LogP contribution in [0.1, 0.15) is 55.7 Å². The molecule has 0 aromatic heterocycles. The fraction of sp³-hybridized carbons (Fsp3) is 0.381. The molecule has 0 amide bonds. The lowest BCUT2D eigenvalue weighted by molar-refractivity contribution is -0.140. The maximum absolute atomic E-state index is 6.58. The first kappa shape index (κ1) is 14.1. The molecule has 3 aliphatic rings. The lowest BCUT2D eigenvalue weighted by Crippen LogP contribution is -2.54. The van der Waals surface area contributed by atoms with Gasteiger partial charge in [0.2, 0.25) is 0 Å². The van der Waals surface area contributed by atoms with Crippen LogP contribution in [0.15, 0.2) is 59.7 Å². The third-order valence-corrected chi connectivity index (χ3v) is 5.65. The van der Waals surface area contributed by atoms with Gasteiger partial charge >= 0.3 is 0 Å². The Hall–Kier alpha value is -2.29. The molecule has 0 saturated heterocycles. The van der Waals surface area contributed by atoms with E-state index in [1.54, 1.807) is 0 Å². The normalized spacial score (nSPS) is 24.1. The van der Waals surface area contributed by atoms with Crippen molar-refractivity contribution in [3.8, 4) is 5.75 Å². The molecule has 0 unspecified atom stereocenters. The van der Waals surface area contributed by atoms with E-state index < -0.39 is 0 Å². The summed E-state index contributed by atoms with van der Waals surface area (Å²) in [7, 11) is 0. The monoisotopic (exact) mass is 318 g/mol. The van der Waals surface area contributed by atoms with E-state index in [1.807, 2.05) is 0 Å². The molecule has 3 nitrogen and oxygen atoms in total. The van der Waals surface area contributed by atoms with Gasteiger partial charge in [-0.3, -0.25) is 0 Å². The molecule has 0 N–H and O–H groups in total. The molecule has 2 heterocycles. The molecule has 0 radical (unpaired) electrons. The van der Waals surface area contributed by atoms with Crippen LogP contribution in [0.2, 0.25) is 0 Å². The minimum atomic E-state index is -0.242. The van der Waals surface area contributed by atoms with Crippen LogP contribution in [-0.4, -0.2) is 16.4 Å². The summed E-state index contributed by atoms with van der Waals surface area (Å²) in [5, 5.41) is 7.38. The van der Waals surface area contributed by atoms with Crippen molar-refractivity contribution in [2.24, 2.45) is 5.10 Å². The van der Waals surface area contributed by atoms with Crippen molar-refractivity contribution < 1.29 is 4.74 Å². The average Bonchev–Trinajstić information content (AvgIpc) is 3.10. The van der Waals surface area contributed by atoms with Gasteiger partial charge in [0.1, 0.15) is 5.75 Å². The van der Waals surface area contributed by atoms with Crippen LogP contribution in [0, 0.1) is 0 Å². The van der Waals surface area contributed by atoms with Crippen LogP contribution in [0.25, 0.3) is 0 Å². The number of para-hydroxylation sites is 1. The predicted molar refractivity (Wildman–Crippen MR) is 95.1 cm³/mol. The predicted octanol–water partition coefficient (Wildman–Crippen LogP) is 4.89. The van der Waals surface area contributed by atoms with E-state index in [1.165, 1.54) is 36.1 Å². The molecular formula is C21H22N2O. The lowest BCUT2D eigenvalue weighted by Gasteiger charge is -2.49. The molecule has 0 bridgehead atoms. The average molecular weight is 318 g/mol. The second-order valence-electron chi connectivity index (χ2n) is 7.12. The van der Waals surface area contributed by atoms with Crippen LogP contribution < -0.4 is 4.74 Å². The Balaban J connectivity index is 1.61. The van der Waals surface area contributed by atoms with Gasteiger partial charge in [-0.2, -0.15) is 5.10 Å². The second kappa shape index (κ2) is 5.37. The zero-order valence-corrected chi connectivity index (χ0v) is 13.8. The maximum Gasteiger partial charge on any atom is 0.198 e. The summed E-state index contributed by atoms with van der Waals surface area (Å²) in [5.74, 6) is 1.06. The van der Waals surface area contributed by atoms with Crippen molar-refractivity contribution in [3.05, 3.63) is 65.7 Å².